The number of hydrogen-bond acceptors (Lipinski definition) is 2. The van der Waals surface area contributed by atoms with E-state index in [1.165, 1.54) is 6.07 Å². The molecule has 0 aromatic heterocycles. The molecular formula is C18H21FN2O. The summed E-state index contributed by atoms with van der Waals surface area (Å²) in [6.45, 7) is 1.10. The van der Waals surface area contributed by atoms with Crippen LogP contribution >= 0.6 is 0 Å². The van der Waals surface area contributed by atoms with E-state index in [4.69, 9.17) is 0 Å². The van der Waals surface area contributed by atoms with Crippen LogP contribution in [0, 0.1) is 5.82 Å². The molecule has 0 spiro atoms. The molecule has 4 heteroatoms. The Morgan fingerprint density at radius 3 is 2.50 bits per heavy atom. The Morgan fingerprint density at radius 1 is 1.09 bits per heavy atom. The average molecular weight is 300 g/mol. The lowest BCUT2D eigenvalue weighted by atomic mass is 10.1. The third-order valence-electron chi connectivity index (χ3n) is 3.55. The molecule has 0 aliphatic rings. The second-order valence-corrected chi connectivity index (χ2v) is 5.20. The van der Waals surface area contributed by atoms with Crippen LogP contribution in [-0.2, 0) is 11.2 Å². The molecule has 0 atom stereocenters. The lowest BCUT2D eigenvalue weighted by Crippen LogP contribution is -2.30. The van der Waals surface area contributed by atoms with Crippen molar-refractivity contribution in [1.82, 2.24) is 5.32 Å². The molecule has 1 N–H and O–H groups in total. The maximum Gasteiger partial charge on any atom is 0.221 e. The number of para-hydroxylation sites is 1. The summed E-state index contributed by atoms with van der Waals surface area (Å²) >= 11 is 0. The fraction of sp³-hybridized carbons (Fsp3) is 0.278. The number of halogens is 1. The molecule has 0 saturated heterocycles. The molecule has 0 saturated carbocycles. The van der Waals surface area contributed by atoms with E-state index in [0.29, 0.717) is 31.5 Å². The largest absolute Gasteiger partial charge is 0.374 e. The van der Waals surface area contributed by atoms with E-state index < -0.39 is 0 Å². The van der Waals surface area contributed by atoms with E-state index in [9.17, 15) is 9.18 Å². The Morgan fingerprint density at radius 2 is 1.77 bits per heavy atom. The monoisotopic (exact) mass is 300 g/mol. The molecule has 0 aliphatic heterocycles. The molecule has 2 rings (SSSR count). The van der Waals surface area contributed by atoms with Gasteiger partial charge in [0.1, 0.15) is 5.82 Å². The highest BCUT2D eigenvalue weighted by atomic mass is 19.1. The molecule has 2 aromatic rings. The second-order valence-electron chi connectivity index (χ2n) is 5.20. The summed E-state index contributed by atoms with van der Waals surface area (Å²) in [6, 6.07) is 16.6. The standard InChI is InChI=1S/C18H21FN2O/c1-21(16-8-3-2-4-9-16)14-12-18(22)20-13-11-15-7-5-6-10-17(15)19/h2-10H,11-14H2,1H3,(H,20,22). The van der Waals surface area contributed by atoms with Crippen molar-refractivity contribution in [2.45, 2.75) is 12.8 Å². The van der Waals surface area contributed by atoms with E-state index in [0.717, 1.165) is 5.69 Å². The molecule has 0 aliphatic carbocycles. The van der Waals surface area contributed by atoms with Crippen molar-refractivity contribution >= 4 is 11.6 Å². The fourth-order valence-corrected chi connectivity index (χ4v) is 2.21. The Labute approximate surface area is 130 Å². The summed E-state index contributed by atoms with van der Waals surface area (Å²) in [6.07, 6.45) is 0.926. The van der Waals surface area contributed by atoms with Crippen LogP contribution in [0.4, 0.5) is 10.1 Å². The molecule has 0 unspecified atom stereocenters. The van der Waals surface area contributed by atoms with Crippen molar-refractivity contribution < 1.29 is 9.18 Å². The van der Waals surface area contributed by atoms with E-state index in [1.54, 1.807) is 18.2 Å². The van der Waals surface area contributed by atoms with Crippen molar-refractivity contribution in [2.75, 3.05) is 25.0 Å². The first-order valence-electron chi connectivity index (χ1n) is 7.43. The molecule has 1 amide bonds. The molecule has 0 bridgehead atoms. The Bertz CT molecular complexity index is 601. The number of anilines is 1. The molecule has 22 heavy (non-hydrogen) atoms. The van der Waals surface area contributed by atoms with Gasteiger partial charge in [-0.2, -0.15) is 0 Å². The van der Waals surface area contributed by atoms with Gasteiger partial charge < -0.3 is 10.2 Å². The summed E-state index contributed by atoms with van der Waals surface area (Å²) in [5.41, 5.74) is 1.71. The van der Waals surface area contributed by atoms with Gasteiger partial charge in [0.2, 0.25) is 5.91 Å². The van der Waals surface area contributed by atoms with Gasteiger partial charge in [0.15, 0.2) is 0 Å². The molecule has 0 fully saturated rings. The SMILES string of the molecule is CN(CCC(=O)NCCc1ccccc1F)c1ccccc1. The molecule has 3 nitrogen and oxygen atoms in total. The first kappa shape index (κ1) is 16.0. The van der Waals surface area contributed by atoms with Crippen molar-refractivity contribution in [2.24, 2.45) is 0 Å². The van der Waals surface area contributed by atoms with Crippen LogP contribution in [0.25, 0.3) is 0 Å². The lowest BCUT2D eigenvalue weighted by Gasteiger charge is -2.18. The molecule has 0 radical (unpaired) electrons. The minimum Gasteiger partial charge on any atom is -0.374 e. The number of rotatable bonds is 7. The van der Waals surface area contributed by atoms with E-state index in [2.05, 4.69) is 5.32 Å². The molecule has 116 valence electrons. The summed E-state index contributed by atoms with van der Waals surface area (Å²) in [4.78, 5) is 13.9. The van der Waals surface area contributed by atoms with Gasteiger partial charge in [-0.15, -0.1) is 0 Å². The van der Waals surface area contributed by atoms with Gasteiger partial charge in [-0.3, -0.25) is 4.79 Å². The number of amides is 1. The van der Waals surface area contributed by atoms with Crippen molar-refractivity contribution in [3.63, 3.8) is 0 Å². The van der Waals surface area contributed by atoms with Gasteiger partial charge >= 0.3 is 0 Å². The van der Waals surface area contributed by atoms with Gasteiger partial charge in [0.25, 0.3) is 0 Å². The number of nitrogens with zero attached hydrogens (tertiary/aromatic N) is 1. The van der Waals surface area contributed by atoms with Crippen molar-refractivity contribution in [3.05, 3.63) is 66.0 Å². The predicted octanol–water partition coefficient (Wildman–Crippen LogP) is 3.01. The summed E-state index contributed by atoms with van der Waals surface area (Å²) in [5.74, 6) is -0.236. The van der Waals surface area contributed by atoms with Crippen LogP contribution in [0.3, 0.4) is 0 Å². The zero-order valence-corrected chi connectivity index (χ0v) is 12.8. The number of carbonyl (C=O) groups is 1. The quantitative estimate of drug-likeness (QED) is 0.852. The number of hydrogen-bond donors (Lipinski definition) is 1. The highest BCUT2D eigenvalue weighted by Gasteiger charge is 2.06. The zero-order chi connectivity index (χ0) is 15.8. The smallest absolute Gasteiger partial charge is 0.221 e. The van der Waals surface area contributed by atoms with E-state index in [1.807, 2.05) is 42.3 Å². The molecule has 2 aromatic carbocycles. The highest BCUT2D eigenvalue weighted by molar-refractivity contribution is 5.76. The van der Waals surface area contributed by atoms with Gasteiger partial charge in [0, 0.05) is 32.2 Å². The van der Waals surface area contributed by atoms with Crippen LogP contribution in [-0.4, -0.2) is 26.0 Å². The van der Waals surface area contributed by atoms with Crippen LogP contribution in [0.15, 0.2) is 54.6 Å². The number of nitrogens with one attached hydrogen (secondary N) is 1. The molecular weight excluding hydrogens is 279 g/mol. The van der Waals surface area contributed by atoms with Crippen LogP contribution in [0.2, 0.25) is 0 Å². The number of benzene rings is 2. The predicted molar refractivity (Wildman–Crippen MR) is 87.4 cm³/mol. The normalized spacial score (nSPS) is 10.3. The van der Waals surface area contributed by atoms with Gasteiger partial charge in [-0.25, -0.2) is 4.39 Å². The maximum atomic E-state index is 13.4. The summed E-state index contributed by atoms with van der Waals surface area (Å²) < 4.78 is 13.4. The average Bonchev–Trinajstić information content (AvgIpc) is 2.55. The zero-order valence-electron chi connectivity index (χ0n) is 12.8. The van der Waals surface area contributed by atoms with Crippen LogP contribution < -0.4 is 10.2 Å². The summed E-state index contributed by atoms with van der Waals surface area (Å²) in [7, 11) is 1.96. The Balaban J connectivity index is 1.69. The van der Waals surface area contributed by atoms with E-state index >= 15 is 0 Å². The minimum absolute atomic E-state index is 0.0147. The topological polar surface area (TPSA) is 32.3 Å². The van der Waals surface area contributed by atoms with Crippen LogP contribution in [0.5, 0.6) is 0 Å². The van der Waals surface area contributed by atoms with Gasteiger partial charge in [0.05, 0.1) is 0 Å². The maximum absolute atomic E-state index is 13.4. The lowest BCUT2D eigenvalue weighted by molar-refractivity contribution is -0.120. The first-order chi connectivity index (χ1) is 10.7. The fourth-order valence-electron chi connectivity index (χ4n) is 2.21. The Kier molecular flexibility index (Phi) is 5.95. The first-order valence-corrected chi connectivity index (χ1v) is 7.43. The third kappa shape index (κ3) is 4.88. The van der Waals surface area contributed by atoms with Crippen molar-refractivity contribution in [1.29, 1.82) is 0 Å². The second kappa shape index (κ2) is 8.17. The van der Waals surface area contributed by atoms with Crippen molar-refractivity contribution in [3.8, 4) is 0 Å². The van der Waals surface area contributed by atoms with E-state index in [-0.39, 0.29) is 11.7 Å². The summed E-state index contributed by atoms with van der Waals surface area (Å²) in [5, 5.41) is 2.83. The van der Waals surface area contributed by atoms with Gasteiger partial charge in [-0.1, -0.05) is 36.4 Å². The van der Waals surface area contributed by atoms with Crippen LogP contribution in [0.1, 0.15) is 12.0 Å². The Hall–Kier alpha value is -2.36. The highest BCUT2D eigenvalue weighted by Crippen LogP contribution is 2.11. The molecule has 0 heterocycles. The van der Waals surface area contributed by atoms with Gasteiger partial charge in [-0.05, 0) is 30.2 Å². The minimum atomic E-state index is -0.222. The third-order valence-corrected chi connectivity index (χ3v) is 3.55. The number of carbonyl (C=O) groups excluding carboxylic acids is 1.